The van der Waals surface area contributed by atoms with Crippen LogP contribution in [0.4, 0.5) is 10.6 Å². The number of carbonyl (C=O) groups excluding carboxylic acids is 1. The molecular weight excluding hydrogens is 519 g/mol. The monoisotopic (exact) mass is 556 g/mol. The number of benzene rings is 1. The van der Waals surface area contributed by atoms with Gasteiger partial charge in [-0.1, -0.05) is 18.2 Å². The predicted octanol–water partition coefficient (Wildman–Crippen LogP) is 3.89. The zero-order valence-electron chi connectivity index (χ0n) is 20.4. The molecule has 1 amide bonds. The first kappa shape index (κ1) is 27.7. The summed E-state index contributed by atoms with van der Waals surface area (Å²) in [5.74, 6) is 1.55. The number of aliphatic imine (C=N–C) groups is 1. The Bertz CT molecular complexity index is 938. The summed E-state index contributed by atoms with van der Waals surface area (Å²) in [7, 11) is 5.68. The van der Waals surface area contributed by atoms with Gasteiger partial charge >= 0.3 is 6.09 Å². The van der Waals surface area contributed by atoms with Crippen molar-refractivity contribution in [1.82, 2.24) is 20.9 Å². The number of hydrogen-bond donors (Lipinski definition) is 3. The van der Waals surface area contributed by atoms with Gasteiger partial charge in [-0.3, -0.25) is 4.99 Å². The van der Waals surface area contributed by atoms with Gasteiger partial charge in [-0.25, -0.2) is 9.78 Å². The number of hydrogen-bond acceptors (Lipinski definition) is 5. The Hall–Kier alpha value is -2.30. The first-order valence-corrected chi connectivity index (χ1v) is 10.4. The Labute approximate surface area is 208 Å². The molecule has 0 aliphatic rings. The van der Waals surface area contributed by atoms with Crippen LogP contribution in [0.15, 0.2) is 35.3 Å². The van der Waals surface area contributed by atoms with E-state index in [0.29, 0.717) is 19.0 Å². The first-order chi connectivity index (χ1) is 14.4. The second-order valence-corrected chi connectivity index (χ2v) is 9.34. The summed E-state index contributed by atoms with van der Waals surface area (Å²) in [6.45, 7) is 10.4. The van der Waals surface area contributed by atoms with E-state index in [4.69, 9.17) is 9.72 Å². The van der Waals surface area contributed by atoms with E-state index in [0.717, 1.165) is 22.3 Å². The Kier molecular flexibility index (Phi) is 9.99. The molecule has 0 aliphatic heterocycles. The summed E-state index contributed by atoms with van der Waals surface area (Å²) in [4.78, 5) is 23.1. The smallest absolute Gasteiger partial charge is 0.408 e. The maximum absolute atomic E-state index is 12.1. The molecule has 9 heteroatoms. The van der Waals surface area contributed by atoms with Gasteiger partial charge in [0.1, 0.15) is 11.4 Å². The van der Waals surface area contributed by atoms with Crippen LogP contribution < -0.4 is 20.9 Å². The topological polar surface area (TPSA) is 90.9 Å². The number of aromatic nitrogens is 1. The largest absolute Gasteiger partial charge is 0.444 e. The Morgan fingerprint density at radius 2 is 1.78 bits per heavy atom. The van der Waals surface area contributed by atoms with Crippen molar-refractivity contribution < 1.29 is 9.53 Å². The van der Waals surface area contributed by atoms with E-state index in [2.05, 4.69) is 33.1 Å². The van der Waals surface area contributed by atoms with Gasteiger partial charge in [-0.05, 0) is 52.3 Å². The van der Waals surface area contributed by atoms with Gasteiger partial charge in [-0.15, -0.1) is 24.0 Å². The second-order valence-electron chi connectivity index (χ2n) is 9.34. The summed E-state index contributed by atoms with van der Waals surface area (Å²) in [5, 5.41) is 10.6. The molecule has 0 bridgehead atoms. The van der Waals surface area contributed by atoms with Crippen molar-refractivity contribution in [3.8, 4) is 0 Å². The van der Waals surface area contributed by atoms with E-state index in [1.54, 1.807) is 7.05 Å². The summed E-state index contributed by atoms with van der Waals surface area (Å²) >= 11 is 0. The molecule has 0 fully saturated rings. The van der Waals surface area contributed by atoms with Crippen molar-refractivity contribution in [2.45, 2.75) is 52.3 Å². The molecule has 3 N–H and O–H groups in total. The number of halogens is 1. The Balaban J connectivity index is 0.00000512. The molecular formula is C23H37IN6O2. The normalized spacial score (nSPS) is 12.1. The lowest BCUT2D eigenvalue weighted by Crippen LogP contribution is -2.54. The van der Waals surface area contributed by atoms with Crippen LogP contribution in [0.2, 0.25) is 0 Å². The van der Waals surface area contributed by atoms with E-state index in [1.807, 2.05) is 71.8 Å². The number of nitrogens with zero attached hydrogens (tertiary/aromatic N) is 3. The number of alkyl carbamates (subject to hydrolysis) is 1. The number of rotatable bonds is 6. The van der Waals surface area contributed by atoms with Crippen LogP contribution in [-0.2, 0) is 11.3 Å². The highest BCUT2D eigenvalue weighted by atomic mass is 127. The molecule has 0 saturated heterocycles. The molecule has 178 valence electrons. The highest BCUT2D eigenvalue weighted by molar-refractivity contribution is 14.0. The Morgan fingerprint density at radius 3 is 2.38 bits per heavy atom. The average Bonchev–Trinajstić information content (AvgIpc) is 2.65. The molecule has 0 saturated carbocycles. The zero-order valence-corrected chi connectivity index (χ0v) is 22.7. The highest BCUT2D eigenvalue weighted by Gasteiger charge is 2.24. The molecule has 2 aromatic rings. The van der Waals surface area contributed by atoms with E-state index in [-0.39, 0.29) is 24.0 Å². The number of carbonyl (C=O) groups is 1. The van der Waals surface area contributed by atoms with Crippen LogP contribution in [0, 0.1) is 0 Å². The quantitative estimate of drug-likeness (QED) is 0.284. The second kappa shape index (κ2) is 11.5. The highest BCUT2D eigenvalue weighted by Crippen LogP contribution is 2.22. The zero-order chi connectivity index (χ0) is 23.2. The third-order valence-electron chi connectivity index (χ3n) is 4.45. The molecule has 2 rings (SSSR count). The van der Waals surface area contributed by atoms with Crippen LogP contribution in [-0.4, -0.2) is 55.9 Å². The molecule has 8 nitrogen and oxygen atoms in total. The van der Waals surface area contributed by atoms with E-state index in [1.165, 1.54) is 0 Å². The summed E-state index contributed by atoms with van der Waals surface area (Å²) in [6, 6.07) is 10.2. The molecule has 1 heterocycles. The van der Waals surface area contributed by atoms with Gasteiger partial charge in [0, 0.05) is 39.6 Å². The molecule has 0 radical (unpaired) electrons. The average molecular weight is 556 g/mol. The third kappa shape index (κ3) is 8.68. The van der Waals surface area contributed by atoms with Gasteiger partial charge in [0.15, 0.2) is 5.96 Å². The first-order valence-electron chi connectivity index (χ1n) is 10.4. The number of nitrogens with one attached hydrogen (secondary N) is 3. The van der Waals surface area contributed by atoms with Gasteiger partial charge in [0.25, 0.3) is 0 Å². The summed E-state index contributed by atoms with van der Waals surface area (Å²) in [6.07, 6.45) is -0.443. The lowest BCUT2D eigenvalue weighted by Gasteiger charge is -2.29. The number of guanidine groups is 1. The van der Waals surface area contributed by atoms with Crippen LogP contribution in [0.25, 0.3) is 10.9 Å². The van der Waals surface area contributed by atoms with Crippen molar-refractivity contribution in [3.05, 3.63) is 35.9 Å². The SMILES string of the molecule is CN=C(NCc1cc(N(C)C)nc2ccccc12)NCC(C)(C)NC(=O)OC(C)(C)C.I. The minimum atomic E-state index is -0.538. The van der Waals surface area contributed by atoms with Crippen LogP contribution in [0.3, 0.4) is 0 Å². The van der Waals surface area contributed by atoms with E-state index >= 15 is 0 Å². The van der Waals surface area contributed by atoms with Crippen molar-refractivity contribution in [2.24, 2.45) is 4.99 Å². The maximum Gasteiger partial charge on any atom is 0.408 e. The molecule has 0 aliphatic carbocycles. The van der Waals surface area contributed by atoms with Crippen molar-refractivity contribution in [3.63, 3.8) is 0 Å². The number of ether oxygens (including phenoxy) is 1. The molecule has 0 unspecified atom stereocenters. The summed E-state index contributed by atoms with van der Waals surface area (Å²) in [5.41, 5.74) is 1.02. The molecule has 1 aromatic carbocycles. The standard InChI is InChI=1S/C23H36N6O2.HI/c1-22(2,3)31-21(30)28-23(4,5)15-26-20(24-6)25-14-16-13-19(29(7)8)27-18-12-10-9-11-17(16)18;/h9-13H,14-15H2,1-8H3,(H,28,30)(H2,24,25,26);1H. The van der Waals surface area contributed by atoms with Gasteiger partial charge in [0.05, 0.1) is 11.1 Å². The predicted molar refractivity (Wildman–Crippen MR) is 143 cm³/mol. The number of fused-ring (bicyclic) bond motifs is 1. The number of anilines is 1. The minimum absolute atomic E-state index is 0. The van der Waals surface area contributed by atoms with Crippen LogP contribution in [0.5, 0.6) is 0 Å². The summed E-state index contributed by atoms with van der Waals surface area (Å²) < 4.78 is 5.35. The lowest BCUT2D eigenvalue weighted by atomic mass is 10.1. The van der Waals surface area contributed by atoms with Crippen molar-refractivity contribution in [2.75, 3.05) is 32.6 Å². The number of amides is 1. The molecule has 0 spiro atoms. The van der Waals surface area contributed by atoms with Crippen molar-refractivity contribution in [1.29, 1.82) is 0 Å². The Morgan fingerprint density at radius 1 is 1.12 bits per heavy atom. The minimum Gasteiger partial charge on any atom is -0.444 e. The number of para-hydroxylation sites is 1. The third-order valence-corrected chi connectivity index (χ3v) is 4.45. The van der Waals surface area contributed by atoms with Gasteiger partial charge in [0.2, 0.25) is 0 Å². The van der Waals surface area contributed by atoms with E-state index < -0.39 is 17.2 Å². The van der Waals surface area contributed by atoms with E-state index in [9.17, 15) is 4.79 Å². The lowest BCUT2D eigenvalue weighted by molar-refractivity contribution is 0.0474. The maximum atomic E-state index is 12.1. The molecule has 1 aromatic heterocycles. The fourth-order valence-corrected chi connectivity index (χ4v) is 2.94. The van der Waals surface area contributed by atoms with Crippen LogP contribution >= 0.6 is 24.0 Å². The van der Waals surface area contributed by atoms with Crippen LogP contribution in [0.1, 0.15) is 40.2 Å². The van der Waals surface area contributed by atoms with Gasteiger partial charge < -0.3 is 25.6 Å². The fourth-order valence-electron chi connectivity index (χ4n) is 2.94. The molecule has 0 atom stereocenters. The van der Waals surface area contributed by atoms with Gasteiger partial charge in [-0.2, -0.15) is 0 Å². The number of pyridine rings is 1. The fraction of sp³-hybridized carbons (Fsp3) is 0.522. The molecule has 32 heavy (non-hydrogen) atoms. The van der Waals surface area contributed by atoms with Crippen molar-refractivity contribution >= 4 is 52.8 Å².